The number of nitrogens with zero attached hydrogens (tertiary/aromatic N) is 1. The lowest BCUT2D eigenvalue weighted by Gasteiger charge is -2.42. The number of aliphatic hydroxyl groups is 1. The number of likely N-dealkylation sites (tertiary alicyclic amines) is 1. The van der Waals surface area contributed by atoms with E-state index in [1.807, 2.05) is 32.0 Å². The van der Waals surface area contributed by atoms with E-state index >= 15 is 0 Å². The Labute approximate surface area is 149 Å². The summed E-state index contributed by atoms with van der Waals surface area (Å²) in [6.07, 6.45) is 0.867. The highest BCUT2D eigenvalue weighted by atomic mass is 16.5. The molecule has 6 nitrogen and oxygen atoms in total. The Morgan fingerprint density at radius 2 is 2.16 bits per heavy atom. The van der Waals surface area contributed by atoms with E-state index in [-0.39, 0.29) is 0 Å². The SMILES string of the molecule is CCC[C@]1(C(=O)O)CCN(CCOc2ccc(C)cc2OC)CC1O. The number of aliphatic carboxylic acids is 1. The van der Waals surface area contributed by atoms with E-state index in [0.29, 0.717) is 50.6 Å². The summed E-state index contributed by atoms with van der Waals surface area (Å²) < 4.78 is 11.1. The van der Waals surface area contributed by atoms with Crippen LogP contribution in [0.2, 0.25) is 0 Å². The molecule has 0 aromatic heterocycles. The van der Waals surface area contributed by atoms with Gasteiger partial charge in [0.1, 0.15) is 6.61 Å². The molecule has 0 saturated carbocycles. The maximum Gasteiger partial charge on any atom is 0.312 e. The third-order valence-corrected chi connectivity index (χ3v) is 5.05. The monoisotopic (exact) mass is 351 g/mol. The first-order valence-corrected chi connectivity index (χ1v) is 8.84. The number of benzene rings is 1. The summed E-state index contributed by atoms with van der Waals surface area (Å²) in [4.78, 5) is 13.7. The number of carboxylic acid groups (broad SMARTS) is 1. The average molecular weight is 351 g/mol. The lowest BCUT2D eigenvalue weighted by molar-refractivity contribution is -0.164. The van der Waals surface area contributed by atoms with Crippen molar-refractivity contribution in [3.63, 3.8) is 0 Å². The number of hydrogen-bond acceptors (Lipinski definition) is 5. The molecule has 2 rings (SSSR count). The Morgan fingerprint density at radius 1 is 1.40 bits per heavy atom. The van der Waals surface area contributed by atoms with Gasteiger partial charge in [-0.1, -0.05) is 19.4 Å². The lowest BCUT2D eigenvalue weighted by Crippen LogP contribution is -2.55. The van der Waals surface area contributed by atoms with E-state index in [1.165, 1.54) is 0 Å². The van der Waals surface area contributed by atoms with Gasteiger partial charge in [-0.2, -0.15) is 0 Å². The van der Waals surface area contributed by atoms with Crippen LogP contribution >= 0.6 is 0 Å². The second-order valence-corrected chi connectivity index (χ2v) is 6.78. The normalized spacial score (nSPS) is 24.1. The molecule has 1 aromatic rings. The zero-order chi connectivity index (χ0) is 18.4. The van der Waals surface area contributed by atoms with Crippen LogP contribution in [-0.2, 0) is 4.79 Å². The number of rotatable bonds is 8. The van der Waals surface area contributed by atoms with Crippen LogP contribution in [-0.4, -0.2) is 60.5 Å². The molecule has 1 saturated heterocycles. The van der Waals surface area contributed by atoms with Gasteiger partial charge in [-0.25, -0.2) is 0 Å². The highest BCUT2D eigenvalue weighted by molar-refractivity contribution is 5.75. The minimum Gasteiger partial charge on any atom is -0.493 e. The van der Waals surface area contributed by atoms with Crippen LogP contribution in [0.5, 0.6) is 11.5 Å². The zero-order valence-corrected chi connectivity index (χ0v) is 15.3. The number of carboxylic acids is 1. The van der Waals surface area contributed by atoms with Crippen molar-refractivity contribution in [3.05, 3.63) is 23.8 Å². The molecule has 1 fully saturated rings. The first-order chi connectivity index (χ1) is 11.9. The van der Waals surface area contributed by atoms with Gasteiger partial charge in [-0.3, -0.25) is 9.69 Å². The van der Waals surface area contributed by atoms with E-state index in [1.54, 1.807) is 7.11 Å². The van der Waals surface area contributed by atoms with Gasteiger partial charge in [0.05, 0.1) is 18.6 Å². The summed E-state index contributed by atoms with van der Waals surface area (Å²) in [6, 6.07) is 5.77. The Bertz CT molecular complexity index is 591. The average Bonchev–Trinajstić information content (AvgIpc) is 2.58. The predicted molar refractivity (Wildman–Crippen MR) is 95.3 cm³/mol. The molecule has 140 valence electrons. The molecule has 1 unspecified atom stereocenters. The summed E-state index contributed by atoms with van der Waals surface area (Å²) in [5.41, 5.74) is 0.0935. The predicted octanol–water partition coefficient (Wildman–Crippen LogP) is 2.32. The number of piperidine rings is 1. The van der Waals surface area contributed by atoms with Crippen molar-refractivity contribution >= 4 is 5.97 Å². The minimum atomic E-state index is -1.01. The smallest absolute Gasteiger partial charge is 0.312 e. The number of aliphatic hydroxyl groups excluding tert-OH is 1. The van der Waals surface area contributed by atoms with Crippen LogP contribution in [0.25, 0.3) is 0 Å². The van der Waals surface area contributed by atoms with Gasteiger partial charge in [0.25, 0.3) is 0 Å². The van der Waals surface area contributed by atoms with Crippen molar-refractivity contribution in [1.29, 1.82) is 0 Å². The molecule has 1 aliphatic rings. The summed E-state index contributed by atoms with van der Waals surface area (Å²) >= 11 is 0. The quantitative estimate of drug-likeness (QED) is 0.748. The molecule has 1 aliphatic heterocycles. The van der Waals surface area contributed by atoms with Gasteiger partial charge < -0.3 is 19.7 Å². The molecule has 0 bridgehead atoms. The van der Waals surface area contributed by atoms with E-state index < -0.39 is 17.5 Å². The summed E-state index contributed by atoms with van der Waals surface area (Å²) in [5.74, 6) is 0.505. The van der Waals surface area contributed by atoms with Crippen LogP contribution in [0.3, 0.4) is 0 Å². The van der Waals surface area contributed by atoms with Gasteiger partial charge in [-0.05, 0) is 44.0 Å². The third kappa shape index (κ3) is 4.44. The lowest BCUT2D eigenvalue weighted by atomic mass is 9.73. The highest BCUT2D eigenvalue weighted by Crippen LogP contribution is 2.37. The molecule has 0 amide bonds. The highest BCUT2D eigenvalue weighted by Gasteiger charge is 2.47. The molecule has 2 atom stereocenters. The van der Waals surface area contributed by atoms with Gasteiger partial charge in [-0.15, -0.1) is 0 Å². The van der Waals surface area contributed by atoms with Crippen molar-refractivity contribution in [2.24, 2.45) is 5.41 Å². The van der Waals surface area contributed by atoms with E-state index in [9.17, 15) is 15.0 Å². The van der Waals surface area contributed by atoms with E-state index in [4.69, 9.17) is 9.47 Å². The molecule has 1 aromatic carbocycles. The first kappa shape index (κ1) is 19.5. The molecule has 0 radical (unpaired) electrons. The fourth-order valence-electron chi connectivity index (χ4n) is 3.51. The Balaban J connectivity index is 1.89. The Hall–Kier alpha value is -1.79. The molecule has 1 heterocycles. The van der Waals surface area contributed by atoms with Crippen molar-refractivity contribution < 1.29 is 24.5 Å². The fraction of sp³-hybridized carbons (Fsp3) is 0.632. The standard InChI is InChI=1S/C19H29NO5/c1-4-7-19(18(22)23)8-9-20(13-17(19)21)10-11-25-15-6-5-14(2)12-16(15)24-3/h5-6,12,17,21H,4,7-11,13H2,1-3H3,(H,22,23)/t17?,19-/m0/s1. The van der Waals surface area contributed by atoms with Crippen molar-refractivity contribution in [2.45, 2.75) is 39.2 Å². The summed E-state index contributed by atoms with van der Waals surface area (Å²) in [7, 11) is 1.61. The fourth-order valence-corrected chi connectivity index (χ4v) is 3.51. The van der Waals surface area contributed by atoms with E-state index in [0.717, 1.165) is 12.0 Å². The number of carbonyl (C=O) groups is 1. The van der Waals surface area contributed by atoms with Crippen molar-refractivity contribution in [3.8, 4) is 11.5 Å². The molecular formula is C19H29NO5. The largest absolute Gasteiger partial charge is 0.493 e. The van der Waals surface area contributed by atoms with Crippen molar-refractivity contribution in [2.75, 3.05) is 33.4 Å². The van der Waals surface area contributed by atoms with Crippen LogP contribution in [0.4, 0.5) is 0 Å². The zero-order valence-electron chi connectivity index (χ0n) is 15.3. The van der Waals surface area contributed by atoms with Crippen LogP contribution < -0.4 is 9.47 Å². The van der Waals surface area contributed by atoms with Crippen LogP contribution in [0.15, 0.2) is 18.2 Å². The molecule has 2 N–H and O–H groups in total. The molecule has 25 heavy (non-hydrogen) atoms. The topological polar surface area (TPSA) is 79.2 Å². The molecular weight excluding hydrogens is 322 g/mol. The molecule has 6 heteroatoms. The second-order valence-electron chi connectivity index (χ2n) is 6.78. The van der Waals surface area contributed by atoms with Crippen LogP contribution in [0.1, 0.15) is 31.7 Å². The maximum absolute atomic E-state index is 11.7. The maximum atomic E-state index is 11.7. The van der Waals surface area contributed by atoms with Gasteiger partial charge in [0, 0.05) is 13.1 Å². The Kier molecular flexibility index (Phi) is 6.67. The van der Waals surface area contributed by atoms with Gasteiger partial charge in [0.15, 0.2) is 11.5 Å². The summed E-state index contributed by atoms with van der Waals surface area (Å²) in [5, 5.41) is 20.0. The van der Waals surface area contributed by atoms with Gasteiger partial charge in [0.2, 0.25) is 0 Å². The van der Waals surface area contributed by atoms with E-state index in [2.05, 4.69) is 4.90 Å². The number of ether oxygens (including phenoxy) is 2. The molecule has 0 spiro atoms. The Morgan fingerprint density at radius 3 is 2.76 bits per heavy atom. The number of β-amino-alcohol motifs (C(OH)–C–C–N with tert-alkyl or cyclic N) is 1. The molecule has 0 aliphatic carbocycles. The number of aryl methyl sites for hydroxylation is 1. The third-order valence-electron chi connectivity index (χ3n) is 5.05. The van der Waals surface area contributed by atoms with Gasteiger partial charge >= 0.3 is 5.97 Å². The van der Waals surface area contributed by atoms with Crippen LogP contribution in [0, 0.1) is 12.3 Å². The minimum absolute atomic E-state index is 0.362. The summed E-state index contributed by atoms with van der Waals surface area (Å²) in [6.45, 7) is 6.05. The number of methoxy groups -OCH3 is 1. The van der Waals surface area contributed by atoms with Crippen molar-refractivity contribution in [1.82, 2.24) is 4.90 Å². The second kappa shape index (κ2) is 8.54. The number of hydrogen-bond donors (Lipinski definition) is 2. The first-order valence-electron chi connectivity index (χ1n) is 8.84.